The van der Waals surface area contributed by atoms with Crippen molar-refractivity contribution in [1.29, 1.82) is 0 Å². The van der Waals surface area contributed by atoms with Gasteiger partial charge in [-0.3, -0.25) is 4.79 Å². The van der Waals surface area contributed by atoms with Crippen LogP contribution in [0.1, 0.15) is 40.7 Å². The molecule has 4 rings (SSSR count). The zero-order valence-electron chi connectivity index (χ0n) is 15.0. The number of ketones is 1. The van der Waals surface area contributed by atoms with Crippen molar-refractivity contribution in [2.45, 2.75) is 37.0 Å². The summed E-state index contributed by atoms with van der Waals surface area (Å²) in [5, 5.41) is 0.370. The number of rotatable bonds is 7. The van der Waals surface area contributed by atoms with Crippen molar-refractivity contribution >= 4 is 32.7 Å². The van der Waals surface area contributed by atoms with Gasteiger partial charge in [0.25, 0.3) is 10.0 Å². The van der Waals surface area contributed by atoms with Crippen LogP contribution in [0.4, 0.5) is 0 Å². The van der Waals surface area contributed by atoms with Gasteiger partial charge in [-0.25, -0.2) is 17.9 Å². The van der Waals surface area contributed by atoms with Crippen molar-refractivity contribution < 1.29 is 27.2 Å². The minimum atomic E-state index is -3.81. The molecule has 2 aromatic heterocycles. The van der Waals surface area contributed by atoms with Crippen LogP contribution >= 0.6 is 0 Å². The first-order chi connectivity index (χ1) is 13.3. The number of aromatic amines is 1. The molecular formula is C19H18N2O6S. The van der Waals surface area contributed by atoms with Gasteiger partial charge >= 0.3 is 5.97 Å². The molecule has 1 aliphatic rings. The minimum Gasteiger partial charge on any atom is -0.448 e. The molecular weight excluding hydrogens is 384 g/mol. The first kappa shape index (κ1) is 18.5. The van der Waals surface area contributed by atoms with Gasteiger partial charge in [-0.1, -0.05) is 18.2 Å². The van der Waals surface area contributed by atoms with Crippen molar-refractivity contribution in [2.24, 2.45) is 0 Å². The number of fused-ring (bicyclic) bond motifs is 1. The Hall–Kier alpha value is -2.91. The highest BCUT2D eigenvalue weighted by molar-refractivity contribution is 7.89. The van der Waals surface area contributed by atoms with E-state index in [0.29, 0.717) is 5.56 Å². The van der Waals surface area contributed by atoms with Crippen LogP contribution in [0.2, 0.25) is 0 Å². The van der Waals surface area contributed by atoms with Gasteiger partial charge in [0.1, 0.15) is 0 Å². The molecule has 2 N–H and O–H groups in total. The number of carbonyl (C=O) groups excluding carboxylic acids is 2. The lowest BCUT2D eigenvalue weighted by atomic mass is 10.1. The highest BCUT2D eigenvalue weighted by atomic mass is 32.2. The molecule has 0 spiro atoms. The van der Waals surface area contributed by atoms with E-state index in [1.54, 1.807) is 12.3 Å². The Bertz CT molecular complexity index is 1160. The molecule has 9 heteroatoms. The molecule has 28 heavy (non-hydrogen) atoms. The number of sulfonamides is 1. The first-order valence-corrected chi connectivity index (χ1v) is 10.3. The maximum absolute atomic E-state index is 12.6. The van der Waals surface area contributed by atoms with Crippen LogP contribution in [0.5, 0.6) is 0 Å². The fourth-order valence-corrected chi connectivity index (χ4v) is 4.06. The second kappa shape index (κ2) is 6.92. The molecule has 0 aliphatic heterocycles. The molecule has 1 atom stereocenters. The number of H-pyrrole nitrogens is 1. The van der Waals surface area contributed by atoms with Gasteiger partial charge in [0.2, 0.25) is 16.6 Å². The van der Waals surface area contributed by atoms with Crippen LogP contribution in [0, 0.1) is 0 Å². The summed E-state index contributed by atoms with van der Waals surface area (Å²) >= 11 is 0. The predicted octanol–water partition coefficient (Wildman–Crippen LogP) is 2.63. The Labute approximate surface area is 160 Å². The summed E-state index contributed by atoms with van der Waals surface area (Å²) in [5.74, 6) is -1.57. The van der Waals surface area contributed by atoms with Crippen molar-refractivity contribution in [3.63, 3.8) is 0 Å². The van der Waals surface area contributed by atoms with Gasteiger partial charge in [0.05, 0.1) is 0 Å². The van der Waals surface area contributed by atoms with E-state index < -0.39 is 22.1 Å². The van der Waals surface area contributed by atoms with Gasteiger partial charge in [0.15, 0.2) is 6.10 Å². The van der Waals surface area contributed by atoms with Gasteiger partial charge in [0, 0.05) is 28.7 Å². The van der Waals surface area contributed by atoms with Gasteiger partial charge in [-0.05, 0) is 38.0 Å². The summed E-state index contributed by atoms with van der Waals surface area (Å²) in [6.07, 6.45) is 2.06. The summed E-state index contributed by atoms with van der Waals surface area (Å²) < 4.78 is 37.0. The number of hydrogen-bond donors (Lipinski definition) is 2. The second-order valence-corrected chi connectivity index (χ2v) is 8.32. The van der Waals surface area contributed by atoms with Crippen LogP contribution in [0.3, 0.4) is 0 Å². The van der Waals surface area contributed by atoms with Crippen LogP contribution in [0.25, 0.3) is 10.9 Å². The number of hydrogen-bond acceptors (Lipinski definition) is 6. The van der Waals surface area contributed by atoms with E-state index in [1.807, 2.05) is 18.2 Å². The highest BCUT2D eigenvalue weighted by Gasteiger charge is 2.31. The monoisotopic (exact) mass is 402 g/mol. The Morgan fingerprint density at radius 1 is 1.21 bits per heavy atom. The van der Waals surface area contributed by atoms with E-state index in [-0.39, 0.29) is 22.7 Å². The molecule has 1 aromatic carbocycles. The molecule has 2 heterocycles. The van der Waals surface area contributed by atoms with E-state index in [4.69, 9.17) is 9.15 Å². The lowest BCUT2D eigenvalue weighted by Gasteiger charge is -2.10. The van der Waals surface area contributed by atoms with Crippen LogP contribution in [-0.4, -0.2) is 37.3 Å². The normalized spacial score (nSPS) is 15.5. The predicted molar refractivity (Wildman–Crippen MR) is 99.6 cm³/mol. The summed E-state index contributed by atoms with van der Waals surface area (Å²) in [7, 11) is -3.81. The maximum Gasteiger partial charge on any atom is 0.375 e. The number of carbonyl (C=O) groups is 2. The molecule has 1 aliphatic carbocycles. The fraction of sp³-hybridized carbons (Fsp3) is 0.263. The minimum absolute atomic E-state index is 0.0840. The Morgan fingerprint density at radius 2 is 1.96 bits per heavy atom. The Kier molecular flexibility index (Phi) is 4.56. The average molecular weight is 402 g/mol. The number of nitrogens with one attached hydrogen (secondary N) is 2. The average Bonchev–Trinajstić information content (AvgIpc) is 3.17. The largest absolute Gasteiger partial charge is 0.448 e. The van der Waals surface area contributed by atoms with Crippen molar-refractivity contribution in [2.75, 3.05) is 0 Å². The fourth-order valence-electron chi connectivity index (χ4n) is 2.82. The second-order valence-electron chi connectivity index (χ2n) is 6.67. The molecule has 0 saturated heterocycles. The third-order valence-electron chi connectivity index (χ3n) is 4.45. The van der Waals surface area contributed by atoms with Gasteiger partial charge in [-0.15, -0.1) is 0 Å². The van der Waals surface area contributed by atoms with E-state index in [9.17, 15) is 18.0 Å². The van der Waals surface area contributed by atoms with Crippen molar-refractivity contribution in [3.05, 3.63) is 53.9 Å². The molecule has 3 aromatic rings. The Morgan fingerprint density at radius 3 is 2.71 bits per heavy atom. The molecule has 146 valence electrons. The number of benzene rings is 1. The third-order valence-corrected chi connectivity index (χ3v) is 5.85. The molecule has 1 unspecified atom stereocenters. The number of para-hydroxylation sites is 1. The van der Waals surface area contributed by atoms with E-state index >= 15 is 0 Å². The molecule has 1 saturated carbocycles. The molecule has 0 radical (unpaired) electrons. The van der Waals surface area contributed by atoms with Crippen LogP contribution in [0.15, 0.2) is 52.1 Å². The number of aromatic nitrogens is 1. The third kappa shape index (κ3) is 3.58. The SMILES string of the molecule is CC(OC(=O)c1ccc(S(=O)(=O)NC2CC2)o1)C(=O)c1c[nH]c2ccccc12. The number of furan rings is 1. The van der Waals surface area contributed by atoms with Crippen molar-refractivity contribution in [1.82, 2.24) is 9.71 Å². The molecule has 1 fully saturated rings. The summed E-state index contributed by atoms with van der Waals surface area (Å²) in [6.45, 7) is 1.46. The van der Waals surface area contributed by atoms with Gasteiger partial charge in [-0.2, -0.15) is 0 Å². The topological polar surface area (TPSA) is 118 Å². The van der Waals surface area contributed by atoms with E-state index in [0.717, 1.165) is 23.7 Å². The zero-order valence-corrected chi connectivity index (χ0v) is 15.8. The summed E-state index contributed by atoms with van der Waals surface area (Å²) in [4.78, 5) is 27.9. The van der Waals surface area contributed by atoms with Gasteiger partial charge < -0.3 is 14.1 Å². The number of esters is 1. The quantitative estimate of drug-likeness (QED) is 0.463. The maximum atomic E-state index is 12.6. The van der Waals surface area contributed by atoms with Crippen LogP contribution in [-0.2, 0) is 14.8 Å². The molecule has 0 amide bonds. The highest BCUT2D eigenvalue weighted by Crippen LogP contribution is 2.24. The van der Waals surface area contributed by atoms with E-state index in [1.165, 1.54) is 19.1 Å². The van der Waals surface area contributed by atoms with Crippen molar-refractivity contribution in [3.8, 4) is 0 Å². The van der Waals surface area contributed by atoms with Crippen LogP contribution < -0.4 is 4.72 Å². The smallest absolute Gasteiger partial charge is 0.375 e. The standard InChI is InChI=1S/C19H18N2O6S/c1-11(18(22)14-10-20-15-5-3-2-4-13(14)15)26-19(23)16-8-9-17(27-16)28(24,25)21-12-6-7-12/h2-5,8-12,20-21H,6-7H2,1H3. The Balaban J connectivity index is 1.46. The molecule has 0 bridgehead atoms. The zero-order chi connectivity index (χ0) is 19.9. The summed E-state index contributed by atoms with van der Waals surface area (Å²) in [6, 6.07) is 9.61. The summed E-state index contributed by atoms with van der Waals surface area (Å²) in [5.41, 5.74) is 1.21. The lowest BCUT2D eigenvalue weighted by Crippen LogP contribution is -2.25. The number of Topliss-reactive ketones (excluding diaryl/α,β-unsaturated/α-hetero) is 1. The first-order valence-electron chi connectivity index (χ1n) is 8.78. The number of ether oxygens (including phenoxy) is 1. The lowest BCUT2D eigenvalue weighted by molar-refractivity contribution is 0.0285. The molecule has 8 nitrogen and oxygen atoms in total. The van der Waals surface area contributed by atoms with E-state index in [2.05, 4.69) is 9.71 Å².